The second kappa shape index (κ2) is 11.2. The van der Waals surface area contributed by atoms with E-state index in [4.69, 9.17) is 14.5 Å². The molecule has 0 aromatic carbocycles. The van der Waals surface area contributed by atoms with Crippen molar-refractivity contribution in [2.24, 2.45) is 0 Å². The van der Waals surface area contributed by atoms with Crippen LogP contribution >= 0.6 is 0 Å². The van der Waals surface area contributed by atoms with Crippen molar-refractivity contribution >= 4 is 12.0 Å². The van der Waals surface area contributed by atoms with E-state index in [1.165, 1.54) is 7.11 Å². The van der Waals surface area contributed by atoms with Gasteiger partial charge in [0.1, 0.15) is 11.8 Å². The molecule has 1 aliphatic heterocycles. The minimum atomic E-state index is -0.469. The van der Waals surface area contributed by atoms with E-state index in [1.807, 2.05) is 18.7 Å². The molecule has 1 aliphatic carbocycles. The van der Waals surface area contributed by atoms with Crippen molar-refractivity contribution in [2.75, 3.05) is 33.4 Å². The number of hydrogen-bond donors (Lipinski definition) is 2. The van der Waals surface area contributed by atoms with Gasteiger partial charge in [0, 0.05) is 25.7 Å². The van der Waals surface area contributed by atoms with E-state index < -0.39 is 12.2 Å². The molecule has 2 N–H and O–H groups in total. The van der Waals surface area contributed by atoms with E-state index in [-0.39, 0.29) is 18.1 Å². The molecule has 2 heterocycles. The van der Waals surface area contributed by atoms with Crippen LogP contribution < -0.4 is 15.4 Å². The molecule has 0 unspecified atom stereocenters. The van der Waals surface area contributed by atoms with Gasteiger partial charge in [-0.2, -0.15) is 0 Å². The molecule has 2 amide bonds. The van der Waals surface area contributed by atoms with Crippen LogP contribution in [0.3, 0.4) is 0 Å². The summed E-state index contributed by atoms with van der Waals surface area (Å²) in [7, 11) is 1.33. The molecule has 1 aromatic heterocycles. The lowest BCUT2D eigenvalue weighted by Crippen LogP contribution is -2.52. The van der Waals surface area contributed by atoms with Crippen molar-refractivity contribution in [3.8, 4) is 5.88 Å². The third-order valence-corrected chi connectivity index (χ3v) is 5.22. The van der Waals surface area contributed by atoms with Crippen molar-refractivity contribution in [2.45, 2.75) is 64.3 Å². The molecule has 0 radical (unpaired) electrons. The summed E-state index contributed by atoms with van der Waals surface area (Å²) in [5.41, 5.74) is 1.44. The number of nitrogens with zero attached hydrogens (tertiary/aromatic N) is 3. The van der Waals surface area contributed by atoms with Gasteiger partial charge in [0.05, 0.1) is 38.3 Å². The largest absolute Gasteiger partial charge is 0.477 e. The molecule has 0 spiro atoms. The van der Waals surface area contributed by atoms with E-state index in [9.17, 15) is 9.59 Å². The van der Waals surface area contributed by atoms with Gasteiger partial charge in [0.15, 0.2) is 0 Å². The maximum Gasteiger partial charge on any atom is 0.406 e. The maximum absolute atomic E-state index is 13.1. The second-order valence-electron chi connectivity index (χ2n) is 7.86. The topological polar surface area (TPSA) is 115 Å². The minimum absolute atomic E-state index is 0.000984. The Hall–Kier alpha value is -2.46. The van der Waals surface area contributed by atoms with Gasteiger partial charge in [-0.1, -0.05) is 0 Å². The number of nitrogens with one attached hydrogen (secondary N) is 2. The normalized spacial score (nSPS) is 20.7. The number of morpholine rings is 1. The molecule has 172 valence electrons. The van der Waals surface area contributed by atoms with E-state index >= 15 is 0 Å². The highest BCUT2D eigenvalue weighted by Crippen LogP contribution is 2.29. The molecular weight excluding hydrogens is 402 g/mol. The first-order chi connectivity index (χ1) is 15.0. The molecule has 2 fully saturated rings. The predicted molar refractivity (Wildman–Crippen MR) is 113 cm³/mol. The number of carbonyl (C=O) groups excluding carboxylic acids is 2. The van der Waals surface area contributed by atoms with Gasteiger partial charge in [0.25, 0.3) is 5.91 Å². The lowest BCUT2D eigenvalue weighted by Gasteiger charge is -2.32. The van der Waals surface area contributed by atoms with Crippen molar-refractivity contribution in [3.05, 3.63) is 17.6 Å². The third kappa shape index (κ3) is 6.76. The number of aryl methyl sites for hydroxylation is 1. The molecule has 3 rings (SSSR count). The molecule has 31 heavy (non-hydrogen) atoms. The molecule has 1 aromatic rings. The van der Waals surface area contributed by atoms with Crippen molar-refractivity contribution in [1.29, 1.82) is 0 Å². The number of carbonyl (C=O) groups is 2. The van der Waals surface area contributed by atoms with Crippen molar-refractivity contribution in [1.82, 2.24) is 25.5 Å². The number of aromatic nitrogens is 2. The monoisotopic (exact) mass is 435 g/mol. The first kappa shape index (κ1) is 23.2. The summed E-state index contributed by atoms with van der Waals surface area (Å²) in [4.78, 5) is 35.4. The Labute approximate surface area is 183 Å². The summed E-state index contributed by atoms with van der Waals surface area (Å²) in [5.74, 6) is 0.489. The number of alkyl carbamates (subject to hydrolysis) is 1. The van der Waals surface area contributed by atoms with Crippen LogP contribution in [0.25, 0.3) is 0 Å². The Morgan fingerprint density at radius 3 is 2.84 bits per heavy atom. The van der Waals surface area contributed by atoms with Crippen molar-refractivity contribution < 1.29 is 23.8 Å². The smallest absolute Gasteiger partial charge is 0.406 e. The summed E-state index contributed by atoms with van der Waals surface area (Å²) in [5, 5.41) is 5.92. The van der Waals surface area contributed by atoms with Crippen LogP contribution in [-0.2, 0) is 27.2 Å². The Morgan fingerprint density at radius 1 is 1.35 bits per heavy atom. The fourth-order valence-corrected chi connectivity index (χ4v) is 3.54. The van der Waals surface area contributed by atoms with Crippen LogP contribution in [0.15, 0.2) is 6.20 Å². The molecule has 1 saturated carbocycles. The first-order valence-corrected chi connectivity index (χ1v) is 11.0. The molecular formula is C21H33N5O5. The quantitative estimate of drug-likeness (QED) is 0.524. The van der Waals surface area contributed by atoms with Crippen LogP contribution in [0.1, 0.15) is 44.5 Å². The SMILES string of the molecule is CCOc1ncc(CN(C(=O)[C@H]2CNC[C@@H](C)O2)C2CC2)nc1CCCNC(=O)OC. The highest BCUT2D eigenvalue weighted by atomic mass is 16.5. The molecule has 10 nitrogen and oxygen atoms in total. The Kier molecular flexibility index (Phi) is 8.42. The molecule has 0 bridgehead atoms. The zero-order valence-electron chi connectivity index (χ0n) is 18.6. The van der Waals surface area contributed by atoms with Crippen LogP contribution in [0, 0.1) is 0 Å². The van der Waals surface area contributed by atoms with E-state index in [0.717, 1.165) is 30.8 Å². The number of amides is 2. The average molecular weight is 436 g/mol. The summed E-state index contributed by atoms with van der Waals surface area (Å²) >= 11 is 0. The van der Waals surface area contributed by atoms with Gasteiger partial charge in [-0.05, 0) is 39.5 Å². The summed E-state index contributed by atoms with van der Waals surface area (Å²) in [6, 6.07) is 0.231. The third-order valence-electron chi connectivity index (χ3n) is 5.22. The highest BCUT2D eigenvalue weighted by molar-refractivity contribution is 5.82. The predicted octanol–water partition coefficient (Wildman–Crippen LogP) is 1.03. The molecule has 2 aliphatic rings. The summed E-state index contributed by atoms with van der Waals surface area (Å²) < 4.78 is 16.1. The number of hydrogen-bond acceptors (Lipinski definition) is 8. The van der Waals surface area contributed by atoms with Gasteiger partial charge in [-0.25, -0.2) is 14.8 Å². The Morgan fingerprint density at radius 2 is 2.16 bits per heavy atom. The zero-order chi connectivity index (χ0) is 22.2. The Bertz CT molecular complexity index is 758. The number of methoxy groups -OCH3 is 1. The lowest BCUT2D eigenvalue weighted by atomic mass is 10.2. The molecule has 1 saturated heterocycles. The van der Waals surface area contributed by atoms with Gasteiger partial charge >= 0.3 is 6.09 Å². The van der Waals surface area contributed by atoms with Crippen LogP contribution in [0.2, 0.25) is 0 Å². The highest BCUT2D eigenvalue weighted by Gasteiger charge is 2.38. The van der Waals surface area contributed by atoms with Crippen LogP contribution in [0.4, 0.5) is 4.79 Å². The molecule has 10 heteroatoms. The van der Waals surface area contributed by atoms with E-state index in [2.05, 4.69) is 20.4 Å². The molecule has 2 atom stereocenters. The van der Waals surface area contributed by atoms with Gasteiger partial charge in [-0.15, -0.1) is 0 Å². The van der Waals surface area contributed by atoms with E-state index in [1.54, 1.807) is 6.20 Å². The van der Waals surface area contributed by atoms with Gasteiger partial charge in [0.2, 0.25) is 5.88 Å². The van der Waals surface area contributed by atoms with E-state index in [0.29, 0.717) is 45.0 Å². The fraction of sp³-hybridized carbons (Fsp3) is 0.714. The fourth-order valence-electron chi connectivity index (χ4n) is 3.54. The van der Waals surface area contributed by atoms with Crippen LogP contribution in [-0.4, -0.2) is 78.5 Å². The lowest BCUT2D eigenvalue weighted by molar-refractivity contribution is -0.150. The zero-order valence-corrected chi connectivity index (χ0v) is 18.6. The first-order valence-electron chi connectivity index (χ1n) is 11.0. The maximum atomic E-state index is 13.1. The second-order valence-corrected chi connectivity index (χ2v) is 7.86. The van der Waals surface area contributed by atoms with Gasteiger partial charge < -0.3 is 29.7 Å². The Balaban J connectivity index is 1.66. The number of rotatable bonds is 10. The van der Waals surface area contributed by atoms with Crippen LogP contribution in [0.5, 0.6) is 5.88 Å². The average Bonchev–Trinajstić information content (AvgIpc) is 3.61. The standard InChI is InChI=1S/C21H33N5O5/c1-4-30-19-17(6-5-9-23-21(28)29-3)25-15(11-24-19)13-26(16-7-8-16)20(27)18-12-22-10-14(2)31-18/h11,14,16,18,22H,4-10,12-13H2,1-3H3,(H,23,28)/t14-,18-/m1/s1. The summed E-state index contributed by atoms with van der Waals surface area (Å²) in [6.07, 6.45) is 4.01. The minimum Gasteiger partial charge on any atom is -0.477 e. The summed E-state index contributed by atoms with van der Waals surface area (Å²) in [6.45, 7) is 6.48. The number of ether oxygens (including phenoxy) is 3. The van der Waals surface area contributed by atoms with Gasteiger partial charge in [-0.3, -0.25) is 4.79 Å². The van der Waals surface area contributed by atoms with Crippen molar-refractivity contribution in [3.63, 3.8) is 0 Å².